The van der Waals surface area contributed by atoms with Crippen LogP contribution in [-0.2, 0) is 20.9 Å². The molecule has 0 aliphatic heterocycles. The van der Waals surface area contributed by atoms with Gasteiger partial charge >= 0.3 is 5.97 Å². The van der Waals surface area contributed by atoms with Gasteiger partial charge in [-0.2, -0.15) is 0 Å². The molecule has 1 aromatic rings. The smallest absolute Gasteiger partial charge is 0.339 e. The molecule has 5 heteroatoms. The molecule has 1 N–H and O–H groups in total. The molecule has 0 aliphatic carbocycles. The summed E-state index contributed by atoms with van der Waals surface area (Å²) in [6.07, 6.45) is -1.35. The van der Waals surface area contributed by atoms with Crippen LogP contribution in [0.1, 0.15) is 24.2 Å². The van der Waals surface area contributed by atoms with E-state index in [1.807, 2.05) is 6.07 Å². The maximum Gasteiger partial charge on any atom is 0.339 e. The molecule has 0 radical (unpaired) electrons. The van der Waals surface area contributed by atoms with Gasteiger partial charge in [-0.15, -0.1) is 0 Å². The van der Waals surface area contributed by atoms with Gasteiger partial charge < -0.3 is 19.3 Å². The topological polar surface area (TPSA) is 65.0 Å². The van der Waals surface area contributed by atoms with E-state index < -0.39 is 12.1 Å². The molecule has 0 heterocycles. The Labute approximate surface area is 106 Å². The van der Waals surface area contributed by atoms with Crippen molar-refractivity contribution in [2.24, 2.45) is 0 Å². The summed E-state index contributed by atoms with van der Waals surface area (Å²) in [6.45, 7) is 2.24. The fraction of sp³-hybridized carbons (Fsp3) is 0.462. The van der Waals surface area contributed by atoms with Crippen LogP contribution in [0.2, 0.25) is 0 Å². The molecule has 0 bridgehead atoms. The number of aliphatic hydroxyl groups is 1. The number of carbonyl (C=O) groups excluding carboxylic acids is 1. The average Bonchev–Trinajstić information content (AvgIpc) is 2.38. The number of hydrogen-bond acceptors (Lipinski definition) is 5. The molecule has 1 rings (SSSR count). The van der Waals surface area contributed by atoms with Gasteiger partial charge in [0.25, 0.3) is 0 Å². The third kappa shape index (κ3) is 3.21. The first-order chi connectivity index (χ1) is 8.65. The van der Waals surface area contributed by atoms with Crippen LogP contribution in [0.3, 0.4) is 0 Å². The van der Waals surface area contributed by atoms with Gasteiger partial charge in [0.1, 0.15) is 5.75 Å². The number of methoxy groups -OCH3 is 2. The van der Waals surface area contributed by atoms with Crippen LogP contribution in [0.25, 0.3) is 0 Å². The van der Waals surface area contributed by atoms with Crippen LogP contribution in [0.4, 0.5) is 0 Å². The Kier molecular flexibility index (Phi) is 5.61. The van der Waals surface area contributed by atoms with Gasteiger partial charge in [0, 0.05) is 18.2 Å². The van der Waals surface area contributed by atoms with Gasteiger partial charge in [-0.1, -0.05) is 18.2 Å². The van der Waals surface area contributed by atoms with Crippen LogP contribution in [0.5, 0.6) is 5.75 Å². The summed E-state index contributed by atoms with van der Waals surface area (Å²) in [5.74, 6) is -0.245. The maximum absolute atomic E-state index is 11.5. The largest absolute Gasteiger partial charge is 0.496 e. The fourth-order valence-corrected chi connectivity index (χ4v) is 1.69. The average molecular weight is 254 g/mol. The minimum absolute atomic E-state index is 0.218. The third-order valence-corrected chi connectivity index (χ3v) is 2.44. The van der Waals surface area contributed by atoms with E-state index in [9.17, 15) is 9.90 Å². The molecule has 1 atom stereocenters. The second-order valence-corrected chi connectivity index (χ2v) is 3.63. The van der Waals surface area contributed by atoms with E-state index in [-0.39, 0.29) is 6.61 Å². The monoisotopic (exact) mass is 254 g/mol. The van der Waals surface area contributed by atoms with Gasteiger partial charge in [0.15, 0.2) is 6.10 Å². The first-order valence-electron chi connectivity index (χ1n) is 5.65. The summed E-state index contributed by atoms with van der Waals surface area (Å²) in [4.78, 5) is 11.5. The normalized spacial score (nSPS) is 12.0. The summed E-state index contributed by atoms with van der Waals surface area (Å²) < 4.78 is 15.0. The lowest BCUT2D eigenvalue weighted by molar-refractivity contribution is -0.153. The predicted octanol–water partition coefficient (Wildman–Crippen LogP) is 1.44. The van der Waals surface area contributed by atoms with Gasteiger partial charge in [-0.05, 0) is 6.92 Å². The highest BCUT2D eigenvalue weighted by atomic mass is 16.5. The third-order valence-electron chi connectivity index (χ3n) is 2.44. The summed E-state index contributed by atoms with van der Waals surface area (Å²) in [7, 11) is 3.05. The number of ether oxygens (including phenoxy) is 3. The van der Waals surface area contributed by atoms with Crippen molar-refractivity contribution in [2.45, 2.75) is 19.6 Å². The highest BCUT2D eigenvalue weighted by Gasteiger charge is 2.23. The van der Waals surface area contributed by atoms with E-state index in [1.54, 1.807) is 26.2 Å². The minimum atomic E-state index is -1.35. The number of aliphatic hydroxyl groups excluding tert-OH is 1. The van der Waals surface area contributed by atoms with Gasteiger partial charge in [0.05, 0.1) is 20.3 Å². The highest BCUT2D eigenvalue weighted by molar-refractivity contribution is 5.77. The zero-order valence-electron chi connectivity index (χ0n) is 10.8. The van der Waals surface area contributed by atoms with Crippen molar-refractivity contribution in [3.05, 3.63) is 29.3 Å². The Morgan fingerprint density at radius 1 is 1.39 bits per heavy atom. The second kappa shape index (κ2) is 6.98. The number of para-hydroxylation sites is 1. The molecular weight excluding hydrogens is 236 g/mol. The maximum atomic E-state index is 11.5. The lowest BCUT2D eigenvalue weighted by Crippen LogP contribution is -2.16. The molecule has 5 nitrogen and oxygen atoms in total. The number of carbonyl (C=O) groups is 1. The first kappa shape index (κ1) is 14.5. The van der Waals surface area contributed by atoms with Crippen LogP contribution in [0, 0.1) is 0 Å². The standard InChI is InChI=1S/C13H18O5/c1-4-18-13(15)11(14)10-7-5-6-9(8-16-2)12(10)17-3/h5-7,11,14H,4,8H2,1-3H3. The lowest BCUT2D eigenvalue weighted by Gasteiger charge is -2.16. The molecule has 0 saturated heterocycles. The van der Waals surface area contributed by atoms with Crippen molar-refractivity contribution < 1.29 is 24.1 Å². The summed E-state index contributed by atoms with van der Waals surface area (Å²) in [6, 6.07) is 5.16. The molecule has 0 saturated carbocycles. The molecule has 0 aliphatic rings. The quantitative estimate of drug-likeness (QED) is 0.778. The predicted molar refractivity (Wildman–Crippen MR) is 65.3 cm³/mol. The second-order valence-electron chi connectivity index (χ2n) is 3.63. The number of hydrogen-bond donors (Lipinski definition) is 1. The van der Waals surface area contributed by atoms with Crippen molar-refractivity contribution in [2.75, 3.05) is 20.8 Å². The van der Waals surface area contributed by atoms with Crippen molar-refractivity contribution >= 4 is 5.97 Å². The minimum Gasteiger partial charge on any atom is -0.496 e. The van der Waals surface area contributed by atoms with Crippen LogP contribution in [0.15, 0.2) is 18.2 Å². The van der Waals surface area contributed by atoms with Crippen molar-refractivity contribution in [3.8, 4) is 5.75 Å². The van der Waals surface area contributed by atoms with E-state index in [4.69, 9.17) is 14.2 Å². The zero-order chi connectivity index (χ0) is 13.5. The van der Waals surface area contributed by atoms with E-state index in [1.165, 1.54) is 7.11 Å². The van der Waals surface area contributed by atoms with Crippen LogP contribution >= 0.6 is 0 Å². The van der Waals surface area contributed by atoms with Crippen molar-refractivity contribution in [3.63, 3.8) is 0 Å². The Hall–Kier alpha value is -1.59. The summed E-state index contributed by atoms with van der Waals surface area (Å²) >= 11 is 0. The van der Waals surface area contributed by atoms with Crippen LogP contribution in [-0.4, -0.2) is 31.9 Å². The zero-order valence-corrected chi connectivity index (χ0v) is 10.8. The highest BCUT2D eigenvalue weighted by Crippen LogP contribution is 2.30. The Morgan fingerprint density at radius 2 is 2.11 bits per heavy atom. The molecule has 100 valence electrons. The molecule has 0 fully saturated rings. The van der Waals surface area contributed by atoms with E-state index in [0.29, 0.717) is 17.9 Å². The van der Waals surface area contributed by atoms with E-state index in [2.05, 4.69) is 0 Å². The lowest BCUT2D eigenvalue weighted by atomic mass is 10.0. The fourth-order valence-electron chi connectivity index (χ4n) is 1.69. The molecule has 0 amide bonds. The molecule has 18 heavy (non-hydrogen) atoms. The van der Waals surface area contributed by atoms with Gasteiger partial charge in [-0.25, -0.2) is 4.79 Å². The summed E-state index contributed by atoms with van der Waals surface area (Å²) in [5.41, 5.74) is 1.14. The van der Waals surface area contributed by atoms with E-state index in [0.717, 1.165) is 5.56 Å². The molecular formula is C13H18O5. The van der Waals surface area contributed by atoms with Crippen molar-refractivity contribution in [1.82, 2.24) is 0 Å². The number of esters is 1. The molecule has 1 unspecified atom stereocenters. The Bertz CT molecular complexity index is 402. The van der Waals surface area contributed by atoms with Crippen molar-refractivity contribution in [1.29, 1.82) is 0 Å². The Balaban J connectivity index is 3.07. The SMILES string of the molecule is CCOC(=O)C(O)c1cccc(COC)c1OC. The first-order valence-corrected chi connectivity index (χ1v) is 5.65. The number of benzene rings is 1. The number of rotatable bonds is 6. The van der Waals surface area contributed by atoms with Gasteiger partial charge in [-0.3, -0.25) is 0 Å². The Morgan fingerprint density at radius 3 is 2.67 bits per heavy atom. The molecule has 0 aromatic heterocycles. The molecule has 1 aromatic carbocycles. The van der Waals surface area contributed by atoms with E-state index >= 15 is 0 Å². The summed E-state index contributed by atoms with van der Waals surface area (Å²) in [5, 5.41) is 9.93. The van der Waals surface area contributed by atoms with Gasteiger partial charge in [0.2, 0.25) is 0 Å². The molecule has 0 spiro atoms. The van der Waals surface area contributed by atoms with Crippen LogP contribution < -0.4 is 4.74 Å².